The molecule has 0 saturated carbocycles. The Balaban J connectivity index is 2.79. The van der Waals surface area contributed by atoms with Crippen molar-refractivity contribution in [3.05, 3.63) is 35.1 Å². The summed E-state index contributed by atoms with van der Waals surface area (Å²) in [6.07, 6.45) is 1.25. The topological polar surface area (TPSA) is 17.1 Å². The number of benzene rings is 1. The zero-order valence-electron chi connectivity index (χ0n) is 8.02. The van der Waals surface area contributed by atoms with Crippen LogP contribution in [0.25, 0.3) is 0 Å². The van der Waals surface area contributed by atoms with Gasteiger partial charge in [-0.2, -0.15) is 0 Å². The van der Waals surface area contributed by atoms with Crippen LogP contribution in [0, 0.1) is 12.7 Å². The zero-order valence-corrected chi connectivity index (χ0v) is 9.60. The van der Waals surface area contributed by atoms with Gasteiger partial charge in [0.25, 0.3) is 0 Å². The third kappa shape index (κ3) is 3.22. The first-order valence-corrected chi connectivity index (χ1v) is 5.62. The Labute approximate surface area is 91.5 Å². The maximum absolute atomic E-state index is 12.9. The van der Waals surface area contributed by atoms with E-state index in [-0.39, 0.29) is 11.6 Å². The molecule has 0 atom stereocenters. The third-order valence-electron chi connectivity index (χ3n) is 1.90. The zero-order chi connectivity index (χ0) is 10.6. The second-order valence-corrected chi connectivity index (χ2v) is 4.03. The first-order valence-electron chi connectivity index (χ1n) is 4.50. The summed E-state index contributed by atoms with van der Waals surface area (Å²) < 4.78 is 12.9. The number of hydrogen-bond acceptors (Lipinski definition) is 1. The Morgan fingerprint density at radius 1 is 1.43 bits per heavy atom. The molecule has 1 aromatic carbocycles. The number of carbonyl (C=O) groups excluding carboxylic acids is 1. The lowest BCUT2D eigenvalue weighted by atomic mass is 10.0. The summed E-state index contributed by atoms with van der Waals surface area (Å²) in [5.74, 6) is -0.334. The van der Waals surface area contributed by atoms with Crippen molar-refractivity contribution in [2.24, 2.45) is 0 Å². The predicted octanol–water partition coefficient (Wildman–Crippen LogP) is 3.49. The van der Waals surface area contributed by atoms with E-state index >= 15 is 0 Å². The van der Waals surface area contributed by atoms with E-state index in [9.17, 15) is 9.18 Å². The van der Waals surface area contributed by atoms with Crippen LogP contribution in [0.2, 0.25) is 0 Å². The van der Waals surface area contributed by atoms with Crippen LogP contribution in [0.5, 0.6) is 0 Å². The Morgan fingerprint density at radius 3 is 2.71 bits per heavy atom. The second-order valence-electron chi connectivity index (χ2n) is 3.23. The van der Waals surface area contributed by atoms with Crippen molar-refractivity contribution in [2.45, 2.75) is 19.8 Å². The quantitative estimate of drug-likeness (QED) is 0.597. The summed E-state index contributed by atoms with van der Waals surface area (Å²) in [5.41, 5.74) is 1.26. The normalized spacial score (nSPS) is 10.2. The predicted molar refractivity (Wildman–Crippen MR) is 58.5 cm³/mol. The van der Waals surface area contributed by atoms with Crippen molar-refractivity contribution in [2.75, 3.05) is 5.33 Å². The van der Waals surface area contributed by atoms with Crippen molar-refractivity contribution in [1.29, 1.82) is 0 Å². The van der Waals surface area contributed by atoms with Crippen LogP contribution >= 0.6 is 15.9 Å². The molecule has 0 radical (unpaired) electrons. The van der Waals surface area contributed by atoms with Crippen LogP contribution in [0.15, 0.2) is 18.2 Å². The van der Waals surface area contributed by atoms with Gasteiger partial charge in [-0.15, -0.1) is 0 Å². The third-order valence-corrected chi connectivity index (χ3v) is 2.46. The number of ketones is 1. The van der Waals surface area contributed by atoms with Gasteiger partial charge in [0.1, 0.15) is 5.82 Å². The molecule has 3 heteroatoms. The van der Waals surface area contributed by atoms with Crippen LogP contribution in [0.4, 0.5) is 4.39 Å². The van der Waals surface area contributed by atoms with E-state index in [1.807, 2.05) is 0 Å². The second kappa shape index (κ2) is 5.25. The van der Waals surface area contributed by atoms with Gasteiger partial charge in [0, 0.05) is 17.3 Å². The molecule has 76 valence electrons. The number of rotatable bonds is 4. The molecule has 0 saturated heterocycles. The van der Waals surface area contributed by atoms with Crippen molar-refractivity contribution < 1.29 is 9.18 Å². The Kier molecular flexibility index (Phi) is 4.26. The summed E-state index contributed by atoms with van der Waals surface area (Å²) in [7, 11) is 0. The van der Waals surface area contributed by atoms with Crippen LogP contribution < -0.4 is 0 Å². The SMILES string of the molecule is Cc1cc(F)cc(C(=O)CCCBr)c1. The number of halogens is 2. The van der Waals surface area contributed by atoms with E-state index in [1.54, 1.807) is 13.0 Å². The van der Waals surface area contributed by atoms with Crippen LogP contribution in [-0.2, 0) is 0 Å². The minimum Gasteiger partial charge on any atom is -0.294 e. The van der Waals surface area contributed by atoms with Crippen molar-refractivity contribution in [3.63, 3.8) is 0 Å². The maximum atomic E-state index is 12.9. The van der Waals surface area contributed by atoms with Crippen molar-refractivity contribution in [3.8, 4) is 0 Å². The molecule has 0 N–H and O–H groups in total. The highest BCUT2D eigenvalue weighted by Gasteiger charge is 2.06. The molecule has 0 unspecified atom stereocenters. The van der Waals surface area contributed by atoms with Crippen LogP contribution in [0.3, 0.4) is 0 Å². The molecule has 0 fully saturated rings. The first kappa shape index (κ1) is 11.4. The van der Waals surface area contributed by atoms with Gasteiger partial charge in [0.05, 0.1) is 0 Å². The largest absolute Gasteiger partial charge is 0.294 e. The van der Waals surface area contributed by atoms with E-state index in [0.717, 1.165) is 17.3 Å². The van der Waals surface area contributed by atoms with E-state index < -0.39 is 0 Å². The Hall–Kier alpha value is -0.700. The van der Waals surface area contributed by atoms with Gasteiger partial charge in [-0.1, -0.05) is 15.9 Å². The molecule has 0 heterocycles. The fraction of sp³-hybridized carbons (Fsp3) is 0.364. The van der Waals surface area contributed by atoms with Crippen LogP contribution in [0.1, 0.15) is 28.8 Å². The van der Waals surface area contributed by atoms with Crippen molar-refractivity contribution in [1.82, 2.24) is 0 Å². The number of Topliss-reactive ketones (excluding diaryl/α,β-unsaturated/α-hetero) is 1. The monoisotopic (exact) mass is 258 g/mol. The minimum atomic E-state index is -0.341. The van der Waals surface area contributed by atoms with E-state index in [0.29, 0.717) is 12.0 Å². The fourth-order valence-electron chi connectivity index (χ4n) is 1.27. The summed E-state index contributed by atoms with van der Waals surface area (Å²) >= 11 is 3.25. The molecule has 0 aliphatic carbocycles. The highest BCUT2D eigenvalue weighted by Crippen LogP contribution is 2.11. The number of alkyl halides is 1. The fourth-order valence-corrected chi connectivity index (χ4v) is 1.55. The lowest BCUT2D eigenvalue weighted by Crippen LogP contribution is -2.00. The van der Waals surface area contributed by atoms with E-state index in [2.05, 4.69) is 15.9 Å². The molecule has 14 heavy (non-hydrogen) atoms. The molecule has 0 aliphatic heterocycles. The van der Waals surface area contributed by atoms with Gasteiger partial charge in [-0.25, -0.2) is 4.39 Å². The van der Waals surface area contributed by atoms with Gasteiger partial charge in [0.15, 0.2) is 5.78 Å². The molecule has 0 amide bonds. The van der Waals surface area contributed by atoms with Gasteiger partial charge in [0.2, 0.25) is 0 Å². The molecule has 1 nitrogen and oxygen atoms in total. The van der Waals surface area contributed by atoms with Crippen molar-refractivity contribution >= 4 is 21.7 Å². The van der Waals surface area contributed by atoms with Gasteiger partial charge < -0.3 is 0 Å². The standard InChI is InChI=1S/C11H12BrFO/c1-8-5-9(7-10(13)6-8)11(14)3-2-4-12/h5-7H,2-4H2,1H3. The maximum Gasteiger partial charge on any atom is 0.163 e. The van der Waals surface area contributed by atoms with E-state index in [1.165, 1.54) is 12.1 Å². The molecule has 0 aromatic heterocycles. The molecule has 0 aliphatic rings. The highest BCUT2D eigenvalue weighted by atomic mass is 79.9. The summed E-state index contributed by atoms with van der Waals surface area (Å²) in [6.45, 7) is 1.78. The molecule has 0 spiro atoms. The lowest BCUT2D eigenvalue weighted by Gasteiger charge is -2.01. The minimum absolute atomic E-state index is 0.00653. The molecular weight excluding hydrogens is 247 g/mol. The number of carbonyl (C=O) groups is 1. The molecular formula is C11H12BrFO. The smallest absolute Gasteiger partial charge is 0.163 e. The van der Waals surface area contributed by atoms with Crippen LogP contribution in [-0.4, -0.2) is 11.1 Å². The summed E-state index contributed by atoms with van der Waals surface area (Å²) in [5, 5.41) is 0.799. The molecule has 1 aromatic rings. The Morgan fingerprint density at radius 2 is 2.14 bits per heavy atom. The summed E-state index contributed by atoms with van der Waals surface area (Å²) in [4.78, 5) is 11.5. The summed E-state index contributed by atoms with van der Waals surface area (Å²) in [6, 6.07) is 4.43. The van der Waals surface area contributed by atoms with Gasteiger partial charge in [-0.3, -0.25) is 4.79 Å². The Bertz CT molecular complexity index is 316. The number of hydrogen-bond donors (Lipinski definition) is 0. The average molecular weight is 259 g/mol. The first-order chi connectivity index (χ1) is 6.63. The average Bonchev–Trinajstić information content (AvgIpc) is 2.12. The molecule has 0 bridgehead atoms. The lowest BCUT2D eigenvalue weighted by molar-refractivity contribution is 0.0981. The van der Waals surface area contributed by atoms with Gasteiger partial charge >= 0.3 is 0 Å². The van der Waals surface area contributed by atoms with Gasteiger partial charge in [-0.05, 0) is 37.1 Å². The molecule has 1 rings (SSSR count). The van der Waals surface area contributed by atoms with E-state index in [4.69, 9.17) is 0 Å². The highest BCUT2D eigenvalue weighted by molar-refractivity contribution is 9.09. The number of aryl methyl sites for hydroxylation is 1.